The fourth-order valence-corrected chi connectivity index (χ4v) is 1.68. The van der Waals surface area contributed by atoms with Gasteiger partial charge in [0.1, 0.15) is 5.82 Å². The van der Waals surface area contributed by atoms with E-state index < -0.39 is 0 Å². The van der Waals surface area contributed by atoms with Crippen LogP contribution in [0.1, 0.15) is 25.6 Å². The Morgan fingerprint density at radius 2 is 2.29 bits per heavy atom. The van der Waals surface area contributed by atoms with Gasteiger partial charge in [0.05, 0.1) is 0 Å². The molecule has 2 nitrogen and oxygen atoms in total. The number of hydrogen-bond acceptors (Lipinski definition) is 2. The fourth-order valence-electron chi connectivity index (χ4n) is 1.29. The molecule has 1 rings (SSSR count). The number of imidazole rings is 1. The van der Waals surface area contributed by atoms with Gasteiger partial charge in [0.25, 0.3) is 0 Å². The largest absolute Gasteiger partial charge is 0.335 e. The SMILES string of the molecule is CCCCn1ccnc1CCSC.[Pt]. The summed E-state index contributed by atoms with van der Waals surface area (Å²) >= 11 is 1.88. The zero-order valence-electron chi connectivity index (χ0n) is 8.81. The average molecular weight is 393 g/mol. The average Bonchev–Trinajstić information content (AvgIpc) is 2.59. The second-order valence-corrected chi connectivity index (χ2v) is 4.12. The predicted octanol–water partition coefficient (Wildman–Crippen LogP) is 2.59. The maximum atomic E-state index is 4.36. The van der Waals surface area contributed by atoms with Crippen LogP contribution in [0.15, 0.2) is 12.4 Å². The molecule has 0 amide bonds. The smallest absolute Gasteiger partial charge is 0.109 e. The summed E-state index contributed by atoms with van der Waals surface area (Å²) in [6, 6.07) is 0. The van der Waals surface area contributed by atoms with E-state index in [1.54, 1.807) is 0 Å². The molecule has 0 bridgehead atoms. The topological polar surface area (TPSA) is 17.8 Å². The van der Waals surface area contributed by atoms with Crippen LogP contribution in [0.4, 0.5) is 0 Å². The molecular weight excluding hydrogens is 375 g/mol. The Kier molecular flexibility index (Phi) is 8.70. The zero-order valence-corrected chi connectivity index (χ0v) is 11.9. The minimum absolute atomic E-state index is 0. The molecule has 0 aromatic carbocycles. The molecule has 0 unspecified atom stereocenters. The van der Waals surface area contributed by atoms with Crippen molar-refractivity contribution in [3.63, 3.8) is 0 Å². The first-order valence-electron chi connectivity index (χ1n) is 4.87. The summed E-state index contributed by atoms with van der Waals surface area (Å²) in [7, 11) is 0. The molecule has 4 heteroatoms. The molecule has 0 spiro atoms. The van der Waals surface area contributed by atoms with Gasteiger partial charge in [-0.1, -0.05) is 13.3 Å². The van der Waals surface area contributed by atoms with Crippen molar-refractivity contribution >= 4 is 11.8 Å². The molecule has 1 aromatic heterocycles. The van der Waals surface area contributed by atoms with Crippen LogP contribution in [0.5, 0.6) is 0 Å². The second-order valence-electron chi connectivity index (χ2n) is 3.13. The first-order chi connectivity index (χ1) is 6.38. The van der Waals surface area contributed by atoms with Crippen LogP contribution in [0.3, 0.4) is 0 Å². The van der Waals surface area contributed by atoms with Crippen molar-refractivity contribution < 1.29 is 21.1 Å². The zero-order chi connectivity index (χ0) is 9.52. The summed E-state index contributed by atoms with van der Waals surface area (Å²) in [4.78, 5) is 4.36. The van der Waals surface area contributed by atoms with E-state index in [-0.39, 0.29) is 21.1 Å². The van der Waals surface area contributed by atoms with E-state index in [2.05, 4.69) is 28.9 Å². The van der Waals surface area contributed by atoms with Gasteiger partial charge in [0.15, 0.2) is 0 Å². The molecule has 0 fully saturated rings. The Morgan fingerprint density at radius 3 is 2.93 bits per heavy atom. The third-order valence-corrected chi connectivity index (χ3v) is 2.70. The van der Waals surface area contributed by atoms with Crippen molar-refractivity contribution in [3.8, 4) is 0 Å². The standard InChI is InChI=1S/C10H18N2S.Pt/c1-3-4-7-12-8-6-11-10(12)5-9-13-2;/h6,8H,3-5,7,9H2,1-2H3;. The molecule has 0 atom stereocenters. The molecule has 0 radical (unpaired) electrons. The Morgan fingerprint density at radius 1 is 1.50 bits per heavy atom. The molecule has 0 N–H and O–H groups in total. The molecule has 0 saturated carbocycles. The normalized spacial score (nSPS) is 9.86. The monoisotopic (exact) mass is 393 g/mol. The number of rotatable bonds is 6. The van der Waals surface area contributed by atoms with E-state index in [9.17, 15) is 0 Å². The molecule has 0 aliphatic heterocycles. The number of aromatic nitrogens is 2. The van der Waals surface area contributed by atoms with Crippen LogP contribution < -0.4 is 0 Å². The number of nitrogens with zero attached hydrogens (tertiary/aromatic N) is 2. The van der Waals surface area contributed by atoms with Crippen molar-refractivity contribution in [2.75, 3.05) is 12.0 Å². The van der Waals surface area contributed by atoms with Gasteiger partial charge in [-0.15, -0.1) is 0 Å². The Hall–Kier alpha value is 0.248. The van der Waals surface area contributed by atoms with Crippen LogP contribution in [0.2, 0.25) is 0 Å². The van der Waals surface area contributed by atoms with E-state index in [0.717, 1.165) is 13.0 Å². The van der Waals surface area contributed by atoms with Crippen molar-refractivity contribution in [3.05, 3.63) is 18.2 Å². The minimum atomic E-state index is 0. The molecular formula is C10H18N2PtS. The molecule has 14 heavy (non-hydrogen) atoms. The maximum Gasteiger partial charge on any atom is 0.109 e. The molecule has 0 saturated heterocycles. The Labute approximate surface area is 105 Å². The van der Waals surface area contributed by atoms with Crippen molar-refractivity contribution in [1.29, 1.82) is 0 Å². The van der Waals surface area contributed by atoms with E-state index in [0.29, 0.717) is 0 Å². The van der Waals surface area contributed by atoms with Crippen molar-refractivity contribution in [2.45, 2.75) is 32.7 Å². The van der Waals surface area contributed by atoms with E-state index in [1.165, 1.54) is 24.4 Å². The number of aryl methyl sites for hydroxylation is 2. The number of hydrogen-bond donors (Lipinski definition) is 0. The Balaban J connectivity index is 0.00000169. The summed E-state index contributed by atoms with van der Waals surface area (Å²) in [5, 5.41) is 0. The minimum Gasteiger partial charge on any atom is -0.335 e. The van der Waals surface area contributed by atoms with Gasteiger partial charge in [-0.05, 0) is 12.7 Å². The van der Waals surface area contributed by atoms with Gasteiger partial charge in [-0.2, -0.15) is 11.8 Å². The van der Waals surface area contributed by atoms with Crippen LogP contribution in [0, 0.1) is 0 Å². The number of unbranched alkanes of at least 4 members (excludes halogenated alkanes) is 1. The van der Waals surface area contributed by atoms with Gasteiger partial charge >= 0.3 is 0 Å². The molecule has 1 aromatic rings. The van der Waals surface area contributed by atoms with Crippen LogP contribution in [-0.2, 0) is 34.0 Å². The molecule has 0 aliphatic rings. The fraction of sp³-hybridized carbons (Fsp3) is 0.700. The third-order valence-electron chi connectivity index (χ3n) is 2.08. The molecule has 1 heterocycles. The van der Waals surface area contributed by atoms with Gasteiger partial charge < -0.3 is 4.57 Å². The van der Waals surface area contributed by atoms with Gasteiger partial charge in [0, 0.05) is 52.2 Å². The molecule has 0 aliphatic carbocycles. The molecule has 84 valence electrons. The third kappa shape index (κ3) is 4.65. The quantitative estimate of drug-likeness (QED) is 0.740. The van der Waals surface area contributed by atoms with Crippen molar-refractivity contribution in [1.82, 2.24) is 9.55 Å². The van der Waals surface area contributed by atoms with Crippen LogP contribution in [-0.4, -0.2) is 21.6 Å². The Bertz CT molecular complexity index is 215. The summed E-state index contributed by atoms with van der Waals surface area (Å²) in [6.07, 6.45) is 9.73. The van der Waals surface area contributed by atoms with Gasteiger partial charge in [-0.25, -0.2) is 4.98 Å². The number of thioether (sulfide) groups is 1. The van der Waals surface area contributed by atoms with Gasteiger partial charge in [0.2, 0.25) is 0 Å². The van der Waals surface area contributed by atoms with Gasteiger partial charge in [-0.3, -0.25) is 0 Å². The van der Waals surface area contributed by atoms with Crippen LogP contribution in [0.25, 0.3) is 0 Å². The second kappa shape index (κ2) is 8.55. The summed E-state index contributed by atoms with van der Waals surface area (Å²) < 4.78 is 2.28. The van der Waals surface area contributed by atoms with E-state index in [4.69, 9.17) is 0 Å². The summed E-state index contributed by atoms with van der Waals surface area (Å²) in [5.41, 5.74) is 0. The summed E-state index contributed by atoms with van der Waals surface area (Å²) in [6.45, 7) is 3.35. The maximum absolute atomic E-state index is 4.36. The first-order valence-corrected chi connectivity index (χ1v) is 6.26. The van der Waals surface area contributed by atoms with E-state index >= 15 is 0 Å². The van der Waals surface area contributed by atoms with E-state index in [1.807, 2.05) is 18.0 Å². The predicted molar refractivity (Wildman–Crippen MR) is 59.2 cm³/mol. The van der Waals surface area contributed by atoms with Crippen LogP contribution >= 0.6 is 11.8 Å². The summed E-state index contributed by atoms with van der Waals surface area (Å²) in [5.74, 6) is 2.41. The van der Waals surface area contributed by atoms with Crippen molar-refractivity contribution in [2.24, 2.45) is 0 Å². The first kappa shape index (κ1) is 14.2.